The van der Waals surface area contributed by atoms with E-state index in [1.807, 2.05) is 31.2 Å². The van der Waals surface area contributed by atoms with Gasteiger partial charge in [-0.25, -0.2) is 0 Å². The molecule has 0 bridgehead atoms. The summed E-state index contributed by atoms with van der Waals surface area (Å²) in [5.41, 5.74) is 5.86. The summed E-state index contributed by atoms with van der Waals surface area (Å²) in [5, 5.41) is 0. The van der Waals surface area contributed by atoms with Crippen LogP contribution in [0.25, 0.3) is 0 Å². The highest BCUT2D eigenvalue weighted by Crippen LogP contribution is 2.28. The highest BCUT2D eigenvalue weighted by Gasteiger charge is 2.41. The molecule has 1 aliphatic rings. The minimum Gasteiger partial charge on any atom is -0.488 e. The highest BCUT2D eigenvalue weighted by atomic mass is 79.9. The molecule has 1 aliphatic carbocycles. The fraction of sp³-hybridized carbons (Fsp3) is 0.500. The van der Waals surface area contributed by atoms with Crippen LogP contribution in [0.1, 0.15) is 13.3 Å². The standard InChI is InChI=1S/C12H16BrNO2/c1-2-15-12-10(14)7-11(12)16-9-5-3-8(13)4-6-9/h3-6,10-12H,2,7,14H2,1H3. The maximum absolute atomic E-state index is 5.86. The molecule has 3 nitrogen and oxygen atoms in total. The van der Waals surface area contributed by atoms with E-state index in [-0.39, 0.29) is 18.2 Å². The van der Waals surface area contributed by atoms with Gasteiger partial charge in [-0.05, 0) is 31.2 Å². The third-order valence-corrected chi connectivity index (χ3v) is 3.28. The lowest BCUT2D eigenvalue weighted by Crippen LogP contribution is -2.59. The lowest BCUT2D eigenvalue weighted by molar-refractivity contribution is -0.0945. The van der Waals surface area contributed by atoms with Crippen molar-refractivity contribution in [1.29, 1.82) is 0 Å². The van der Waals surface area contributed by atoms with Gasteiger partial charge in [0, 0.05) is 23.5 Å². The second-order valence-corrected chi connectivity index (χ2v) is 4.85. The van der Waals surface area contributed by atoms with Gasteiger partial charge >= 0.3 is 0 Å². The van der Waals surface area contributed by atoms with Gasteiger partial charge in [0.25, 0.3) is 0 Å². The maximum Gasteiger partial charge on any atom is 0.128 e. The Bertz CT molecular complexity index is 341. The van der Waals surface area contributed by atoms with Crippen molar-refractivity contribution in [3.8, 4) is 5.75 Å². The summed E-state index contributed by atoms with van der Waals surface area (Å²) in [7, 11) is 0. The minimum absolute atomic E-state index is 0.0358. The first-order valence-corrected chi connectivity index (χ1v) is 6.29. The number of benzene rings is 1. The summed E-state index contributed by atoms with van der Waals surface area (Å²) in [6.45, 7) is 2.65. The summed E-state index contributed by atoms with van der Waals surface area (Å²) in [6, 6.07) is 7.92. The molecule has 0 amide bonds. The molecule has 0 aromatic heterocycles. The number of hydrogen-bond acceptors (Lipinski definition) is 3. The summed E-state index contributed by atoms with van der Waals surface area (Å²) >= 11 is 3.39. The van der Waals surface area contributed by atoms with Gasteiger partial charge in [0.2, 0.25) is 0 Å². The largest absolute Gasteiger partial charge is 0.488 e. The molecular weight excluding hydrogens is 270 g/mol. The Hall–Kier alpha value is -0.580. The molecule has 88 valence electrons. The predicted molar refractivity (Wildman–Crippen MR) is 66.6 cm³/mol. The lowest BCUT2D eigenvalue weighted by Gasteiger charge is -2.41. The van der Waals surface area contributed by atoms with E-state index in [9.17, 15) is 0 Å². The van der Waals surface area contributed by atoms with E-state index in [0.717, 1.165) is 16.6 Å². The Morgan fingerprint density at radius 3 is 2.62 bits per heavy atom. The first kappa shape index (κ1) is 11.9. The average Bonchev–Trinajstić information content (AvgIpc) is 2.28. The van der Waals surface area contributed by atoms with Crippen LogP contribution < -0.4 is 10.5 Å². The number of halogens is 1. The Morgan fingerprint density at radius 1 is 1.38 bits per heavy atom. The third-order valence-electron chi connectivity index (χ3n) is 2.75. The van der Waals surface area contributed by atoms with Crippen LogP contribution in [0, 0.1) is 0 Å². The van der Waals surface area contributed by atoms with E-state index in [4.69, 9.17) is 15.2 Å². The normalized spacial score (nSPS) is 28.6. The summed E-state index contributed by atoms with van der Waals surface area (Å²) in [4.78, 5) is 0. The van der Waals surface area contributed by atoms with Crippen molar-refractivity contribution < 1.29 is 9.47 Å². The molecule has 0 heterocycles. The maximum atomic E-state index is 5.86. The van der Waals surface area contributed by atoms with E-state index in [1.165, 1.54) is 0 Å². The van der Waals surface area contributed by atoms with Gasteiger partial charge in [-0.1, -0.05) is 15.9 Å². The molecule has 3 atom stereocenters. The van der Waals surface area contributed by atoms with Gasteiger partial charge in [-0.3, -0.25) is 0 Å². The molecule has 0 aliphatic heterocycles. The zero-order chi connectivity index (χ0) is 11.5. The van der Waals surface area contributed by atoms with Crippen molar-refractivity contribution in [2.75, 3.05) is 6.61 Å². The van der Waals surface area contributed by atoms with Gasteiger partial charge in [0.15, 0.2) is 0 Å². The van der Waals surface area contributed by atoms with Crippen LogP contribution in [0.15, 0.2) is 28.7 Å². The second-order valence-electron chi connectivity index (χ2n) is 3.93. The predicted octanol–water partition coefficient (Wildman–Crippen LogP) is 2.33. The van der Waals surface area contributed by atoms with Gasteiger partial charge in [-0.15, -0.1) is 0 Å². The SMILES string of the molecule is CCOC1C(N)CC1Oc1ccc(Br)cc1. The molecule has 2 rings (SSSR count). The molecule has 1 aromatic carbocycles. The molecule has 0 saturated heterocycles. The van der Waals surface area contributed by atoms with E-state index < -0.39 is 0 Å². The van der Waals surface area contributed by atoms with Crippen LogP contribution in [0.2, 0.25) is 0 Å². The topological polar surface area (TPSA) is 44.5 Å². The van der Waals surface area contributed by atoms with Crippen molar-refractivity contribution in [2.24, 2.45) is 5.73 Å². The van der Waals surface area contributed by atoms with Gasteiger partial charge in [0.05, 0.1) is 0 Å². The van der Waals surface area contributed by atoms with Crippen LogP contribution >= 0.6 is 15.9 Å². The molecule has 16 heavy (non-hydrogen) atoms. The number of nitrogens with two attached hydrogens (primary N) is 1. The van der Waals surface area contributed by atoms with E-state index in [0.29, 0.717) is 6.61 Å². The molecule has 0 spiro atoms. The first-order chi connectivity index (χ1) is 7.70. The second kappa shape index (κ2) is 5.17. The number of hydrogen-bond donors (Lipinski definition) is 1. The van der Waals surface area contributed by atoms with Crippen LogP contribution in [0.5, 0.6) is 5.75 Å². The lowest BCUT2D eigenvalue weighted by atomic mass is 9.86. The molecule has 3 unspecified atom stereocenters. The Morgan fingerprint density at radius 2 is 2.06 bits per heavy atom. The quantitative estimate of drug-likeness (QED) is 0.924. The molecule has 4 heteroatoms. The fourth-order valence-electron chi connectivity index (χ4n) is 1.84. The van der Waals surface area contributed by atoms with Gasteiger partial charge in [-0.2, -0.15) is 0 Å². The summed E-state index contributed by atoms with van der Waals surface area (Å²) in [5.74, 6) is 0.866. The molecule has 1 aromatic rings. The Labute approximate surface area is 104 Å². The Kier molecular flexibility index (Phi) is 3.84. The third kappa shape index (κ3) is 2.56. The average molecular weight is 286 g/mol. The zero-order valence-electron chi connectivity index (χ0n) is 9.23. The van der Waals surface area contributed by atoms with Crippen molar-refractivity contribution in [1.82, 2.24) is 0 Å². The van der Waals surface area contributed by atoms with Crippen LogP contribution in [-0.4, -0.2) is 24.9 Å². The molecular formula is C12H16BrNO2. The van der Waals surface area contributed by atoms with E-state index >= 15 is 0 Å². The summed E-state index contributed by atoms with van der Waals surface area (Å²) in [6.07, 6.45) is 0.991. The highest BCUT2D eigenvalue weighted by molar-refractivity contribution is 9.10. The van der Waals surface area contributed by atoms with Crippen molar-refractivity contribution >= 4 is 15.9 Å². The van der Waals surface area contributed by atoms with Crippen molar-refractivity contribution in [3.63, 3.8) is 0 Å². The van der Waals surface area contributed by atoms with Crippen molar-refractivity contribution in [2.45, 2.75) is 31.6 Å². The number of ether oxygens (including phenoxy) is 2. The van der Waals surface area contributed by atoms with Crippen LogP contribution in [-0.2, 0) is 4.74 Å². The van der Waals surface area contributed by atoms with E-state index in [2.05, 4.69) is 15.9 Å². The van der Waals surface area contributed by atoms with E-state index in [1.54, 1.807) is 0 Å². The smallest absolute Gasteiger partial charge is 0.128 e. The summed E-state index contributed by atoms with van der Waals surface area (Å²) < 4.78 is 12.4. The van der Waals surface area contributed by atoms with Crippen LogP contribution in [0.3, 0.4) is 0 Å². The molecule has 0 radical (unpaired) electrons. The minimum atomic E-state index is 0.0358. The number of rotatable bonds is 4. The zero-order valence-corrected chi connectivity index (χ0v) is 10.8. The van der Waals surface area contributed by atoms with Crippen LogP contribution in [0.4, 0.5) is 0 Å². The molecule has 1 saturated carbocycles. The Balaban J connectivity index is 1.92. The van der Waals surface area contributed by atoms with Gasteiger partial charge < -0.3 is 15.2 Å². The monoisotopic (exact) mass is 285 g/mol. The first-order valence-electron chi connectivity index (χ1n) is 5.50. The molecule has 2 N–H and O–H groups in total. The van der Waals surface area contributed by atoms with Crippen molar-refractivity contribution in [3.05, 3.63) is 28.7 Å². The van der Waals surface area contributed by atoms with Gasteiger partial charge in [0.1, 0.15) is 18.0 Å². The molecule has 1 fully saturated rings. The fourth-order valence-corrected chi connectivity index (χ4v) is 2.11.